The molecule has 3 heterocycles. The third-order valence-electron chi connectivity index (χ3n) is 4.88. The van der Waals surface area contributed by atoms with Gasteiger partial charge in [-0.05, 0) is 44.0 Å². The summed E-state index contributed by atoms with van der Waals surface area (Å²) in [5, 5.41) is 8.35. The Kier molecular flexibility index (Phi) is 5.01. The van der Waals surface area contributed by atoms with Gasteiger partial charge in [-0.25, -0.2) is 13.9 Å². The van der Waals surface area contributed by atoms with Crippen molar-refractivity contribution in [1.29, 1.82) is 0 Å². The first-order valence-electron chi connectivity index (χ1n) is 9.16. The number of aryl methyl sites for hydroxylation is 1. The van der Waals surface area contributed by atoms with Gasteiger partial charge in [-0.3, -0.25) is 4.98 Å². The highest BCUT2D eigenvalue weighted by atomic mass is 19.1. The summed E-state index contributed by atoms with van der Waals surface area (Å²) in [6, 6.07) is 9.90. The summed E-state index contributed by atoms with van der Waals surface area (Å²) in [6.07, 6.45) is 4.61. The number of carbonyl (C=O) groups is 1. The molecule has 0 atom stereocenters. The van der Waals surface area contributed by atoms with E-state index in [9.17, 15) is 9.18 Å². The van der Waals surface area contributed by atoms with Crippen molar-refractivity contribution in [1.82, 2.24) is 24.9 Å². The summed E-state index contributed by atoms with van der Waals surface area (Å²) < 4.78 is 20.7. The first-order chi connectivity index (χ1) is 13.6. The number of rotatable bonds is 3. The minimum atomic E-state index is -0.367. The van der Waals surface area contributed by atoms with Crippen molar-refractivity contribution >= 4 is 6.09 Å². The molecule has 0 N–H and O–H groups in total. The van der Waals surface area contributed by atoms with Crippen LogP contribution in [0.2, 0.25) is 0 Å². The second-order valence-corrected chi connectivity index (χ2v) is 6.77. The number of halogens is 1. The van der Waals surface area contributed by atoms with Crippen molar-refractivity contribution < 1.29 is 13.9 Å². The van der Waals surface area contributed by atoms with E-state index in [2.05, 4.69) is 15.3 Å². The summed E-state index contributed by atoms with van der Waals surface area (Å²) in [4.78, 5) is 18.2. The predicted octanol–water partition coefficient (Wildman–Crippen LogP) is 3.62. The summed E-state index contributed by atoms with van der Waals surface area (Å²) in [6.45, 7) is 2.94. The van der Waals surface area contributed by atoms with Gasteiger partial charge in [0.05, 0.1) is 17.9 Å². The molecule has 0 aliphatic carbocycles. The second-order valence-electron chi connectivity index (χ2n) is 6.77. The van der Waals surface area contributed by atoms with Gasteiger partial charge >= 0.3 is 6.09 Å². The lowest BCUT2D eigenvalue weighted by atomic mass is 10.1. The Hall–Kier alpha value is -3.29. The number of hydrogen-bond donors (Lipinski definition) is 0. The van der Waals surface area contributed by atoms with Crippen LogP contribution < -0.4 is 4.74 Å². The lowest BCUT2D eigenvalue weighted by Crippen LogP contribution is -2.40. The van der Waals surface area contributed by atoms with Gasteiger partial charge in [-0.1, -0.05) is 17.3 Å². The molecule has 1 aliphatic rings. The van der Waals surface area contributed by atoms with Crippen LogP contribution in [0.25, 0.3) is 11.3 Å². The molecule has 0 bridgehead atoms. The summed E-state index contributed by atoms with van der Waals surface area (Å²) in [5.74, 6) is 0.174. The van der Waals surface area contributed by atoms with Gasteiger partial charge in [0.1, 0.15) is 11.5 Å². The van der Waals surface area contributed by atoms with Crippen molar-refractivity contribution in [2.75, 3.05) is 13.1 Å². The van der Waals surface area contributed by atoms with Crippen LogP contribution >= 0.6 is 0 Å². The van der Waals surface area contributed by atoms with Crippen molar-refractivity contribution in [3.8, 4) is 17.0 Å². The Morgan fingerprint density at radius 3 is 2.79 bits per heavy atom. The molecule has 4 rings (SSSR count). The molecule has 28 heavy (non-hydrogen) atoms. The molecule has 1 aliphatic heterocycles. The molecule has 144 valence electrons. The Bertz CT molecular complexity index is 982. The highest BCUT2D eigenvalue weighted by Crippen LogP contribution is 2.25. The number of benzene rings is 1. The van der Waals surface area contributed by atoms with E-state index in [1.807, 2.05) is 6.20 Å². The molecular formula is C20H20FN5O2. The molecular weight excluding hydrogens is 361 g/mol. The van der Waals surface area contributed by atoms with E-state index >= 15 is 0 Å². The van der Waals surface area contributed by atoms with Crippen molar-refractivity contribution in [3.05, 3.63) is 60.3 Å². The first kappa shape index (κ1) is 18.1. The fourth-order valence-corrected chi connectivity index (χ4v) is 3.28. The molecule has 1 aromatic carbocycles. The van der Waals surface area contributed by atoms with E-state index in [4.69, 9.17) is 4.74 Å². The first-order valence-corrected chi connectivity index (χ1v) is 9.16. The van der Waals surface area contributed by atoms with E-state index in [1.165, 1.54) is 12.1 Å². The molecule has 3 aromatic rings. The molecule has 1 saturated heterocycles. The average molecular weight is 381 g/mol. The smallest absolute Gasteiger partial charge is 0.408 e. The maximum absolute atomic E-state index is 13.4. The minimum absolute atomic E-state index is 0.138. The largest absolute Gasteiger partial charge is 0.415 e. The SMILES string of the molecule is Cc1ncccc1OC(=O)N1CCC(n2cc(-c3cccc(F)c3)nn2)CC1. The van der Waals surface area contributed by atoms with E-state index in [1.54, 1.807) is 47.0 Å². The van der Waals surface area contributed by atoms with Crippen molar-refractivity contribution in [3.63, 3.8) is 0 Å². The minimum Gasteiger partial charge on any atom is -0.408 e. The number of likely N-dealkylation sites (tertiary alicyclic amines) is 1. The lowest BCUT2D eigenvalue weighted by molar-refractivity contribution is 0.129. The number of piperidine rings is 1. The molecule has 8 heteroatoms. The highest BCUT2D eigenvalue weighted by molar-refractivity contribution is 5.71. The van der Waals surface area contributed by atoms with Crippen molar-refractivity contribution in [2.24, 2.45) is 0 Å². The zero-order valence-electron chi connectivity index (χ0n) is 15.5. The molecule has 0 saturated carbocycles. The predicted molar refractivity (Wildman–Crippen MR) is 100 cm³/mol. The molecule has 0 radical (unpaired) electrons. The molecule has 1 fully saturated rings. The second kappa shape index (κ2) is 7.75. The number of amides is 1. The highest BCUT2D eigenvalue weighted by Gasteiger charge is 2.26. The topological polar surface area (TPSA) is 73.1 Å². The van der Waals surface area contributed by atoms with E-state index < -0.39 is 0 Å². The van der Waals surface area contributed by atoms with Crippen LogP contribution in [0, 0.1) is 12.7 Å². The van der Waals surface area contributed by atoms with Gasteiger partial charge in [-0.2, -0.15) is 0 Å². The standard InChI is InChI=1S/C20H20FN5O2/c1-14-19(6-3-9-22-14)28-20(27)25-10-7-17(8-11-25)26-13-18(23-24-26)15-4-2-5-16(21)12-15/h2-6,9,12-13,17H,7-8,10-11H2,1H3. The number of ether oxygens (including phenoxy) is 1. The summed E-state index contributed by atoms with van der Waals surface area (Å²) in [5.41, 5.74) is 2.01. The van der Waals surface area contributed by atoms with Gasteiger partial charge < -0.3 is 9.64 Å². The zero-order chi connectivity index (χ0) is 19.5. The van der Waals surface area contributed by atoms with Crippen LogP contribution in [0.15, 0.2) is 48.8 Å². The quantitative estimate of drug-likeness (QED) is 0.693. The monoisotopic (exact) mass is 381 g/mol. The van der Waals surface area contributed by atoms with Gasteiger partial charge in [0.15, 0.2) is 5.75 Å². The Balaban J connectivity index is 1.37. The van der Waals surface area contributed by atoms with Crippen LogP contribution in [0.4, 0.5) is 9.18 Å². The number of pyridine rings is 1. The molecule has 0 spiro atoms. The maximum atomic E-state index is 13.4. The van der Waals surface area contributed by atoms with Crippen LogP contribution in [0.1, 0.15) is 24.6 Å². The third kappa shape index (κ3) is 3.85. The van der Waals surface area contributed by atoms with Crippen LogP contribution in [0.5, 0.6) is 5.75 Å². The molecule has 2 aromatic heterocycles. The van der Waals surface area contributed by atoms with Crippen molar-refractivity contribution in [2.45, 2.75) is 25.8 Å². The Morgan fingerprint density at radius 2 is 2.04 bits per heavy atom. The number of carbonyl (C=O) groups excluding carboxylic acids is 1. The van der Waals surface area contributed by atoms with E-state index in [0.717, 1.165) is 12.8 Å². The molecule has 7 nitrogen and oxygen atoms in total. The van der Waals surface area contributed by atoms with Crippen LogP contribution in [-0.2, 0) is 0 Å². The third-order valence-corrected chi connectivity index (χ3v) is 4.88. The van der Waals surface area contributed by atoms with Gasteiger partial charge in [0.25, 0.3) is 0 Å². The number of hydrogen-bond acceptors (Lipinski definition) is 5. The fourth-order valence-electron chi connectivity index (χ4n) is 3.28. The van der Waals surface area contributed by atoms with Gasteiger partial charge in [-0.15, -0.1) is 5.10 Å². The fraction of sp³-hybridized carbons (Fsp3) is 0.300. The Labute approximate surface area is 161 Å². The van der Waals surface area contributed by atoms with E-state index in [0.29, 0.717) is 35.8 Å². The number of aromatic nitrogens is 4. The molecule has 1 amide bonds. The zero-order valence-corrected chi connectivity index (χ0v) is 15.5. The summed E-state index contributed by atoms with van der Waals surface area (Å²) >= 11 is 0. The van der Waals surface area contributed by atoms with E-state index in [-0.39, 0.29) is 18.0 Å². The maximum Gasteiger partial charge on any atom is 0.415 e. The average Bonchev–Trinajstić information content (AvgIpc) is 3.20. The molecule has 0 unspecified atom stereocenters. The normalized spacial score (nSPS) is 14.9. The van der Waals surface area contributed by atoms with Gasteiger partial charge in [0.2, 0.25) is 0 Å². The Morgan fingerprint density at radius 1 is 1.21 bits per heavy atom. The van der Waals surface area contributed by atoms with Crippen LogP contribution in [-0.4, -0.2) is 44.1 Å². The number of nitrogens with zero attached hydrogens (tertiary/aromatic N) is 5. The van der Waals surface area contributed by atoms with Gasteiger partial charge in [0, 0.05) is 24.8 Å². The lowest BCUT2D eigenvalue weighted by Gasteiger charge is -2.31. The summed E-state index contributed by atoms with van der Waals surface area (Å²) in [7, 11) is 0. The van der Waals surface area contributed by atoms with Crippen LogP contribution in [0.3, 0.4) is 0 Å².